The summed E-state index contributed by atoms with van der Waals surface area (Å²) in [5, 5.41) is 10.4. The van der Waals surface area contributed by atoms with Crippen LogP contribution in [0.5, 0.6) is 5.75 Å². The SMILES string of the molecule is COc1ccc(F)cc1C(C(=O)Nc1nccs1)n1cc2ccccc2n1. The number of fused-ring (bicyclic) bond motifs is 1. The fourth-order valence-corrected chi connectivity index (χ4v) is 3.43. The van der Waals surface area contributed by atoms with Crippen molar-refractivity contribution in [3.05, 3.63) is 71.6 Å². The average Bonchev–Trinajstić information content (AvgIpc) is 3.31. The van der Waals surface area contributed by atoms with Gasteiger partial charge in [0.25, 0.3) is 5.91 Å². The number of aromatic nitrogens is 3. The first-order chi connectivity index (χ1) is 13.2. The molecule has 4 rings (SSSR count). The van der Waals surface area contributed by atoms with Crippen molar-refractivity contribution in [2.24, 2.45) is 0 Å². The number of halogens is 1. The summed E-state index contributed by atoms with van der Waals surface area (Å²) in [7, 11) is 1.48. The lowest BCUT2D eigenvalue weighted by Gasteiger charge is -2.19. The molecule has 6 nitrogen and oxygen atoms in total. The number of hydrogen-bond acceptors (Lipinski definition) is 5. The summed E-state index contributed by atoms with van der Waals surface area (Å²) in [5.41, 5.74) is 1.11. The number of anilines is 1. The molecule has 1 amide bonds. The molecule has 2 aromatic carbocycles. The topological polar surface area (TPSA) is 69.0 Å². The monoisotopic (exact) mass is 382 g/mol. The summed E-state index contributed by atoms with van der Waals surface area (Å²) in [4.78, 5) is 17.2. The van der Waals surface area contributed by atoms with E-state index in [0.717, 1.165) is 10.9 Å². The van der Waals surface area contributed by atoms with E-state index in [0.29, 0.717) is 16.4 Å². The number of amides is 1. The Hall–Kier alpha value is -3.26. The molecule has 0 aliphatic rings. The normalized spacial score (nSPS) is 12.1. The molecule has 1 N–H and O–H groups in total. The van der Waals surface area contributed by atoms with Crippen molar-refractivity contribution in [2.75, 3.05) is 12.4 Å². The standard InChI is InChI=1S/C19H15FN4O2S/c1-26-16-7-6-13(20)10-14(16)17(18(25)22-19-21-8-9-27-19)24-11-12-4-2-3-5-15(12)23-24/h2-11,17H,1H3,(H,21,22,25). The Labute approximate surface area is 158 Å². The molecule has 0 saturated carbocycles. The van der Waals surface area contributed by atoms with Gasteiger partial charge in [-0.1, -0.05) is 18.2 Å². The maximum absolute atomic E-state index is 14.0. The molecule has 0 spiro atoms. The highest BCUT2D eigenvalue weighted by atomic mass is 32.1. The average molecular weight is 382 g/mol. The van der Waals surface area contributed by atoms with E-state index in [-0.39, 0.29) is 5.91 Å². The number of nitrogens with zero attached hydrogens (tertiary/aromatic N) is 3. The molecular formula is C19H15FN4O2S. The Bertz CT molecular complexity index is 1060. The van der Waals surface area contributed by atoms with Crippen LogP contribution in [0.3, 0.4) is 0 Å². The molecule has 1 atom stereocenters. The second kappa shape index (κ2) is 7.16. The summed E-state index contributed by atoms with van der Waals surface area (Å²) in [6, 6.07) is 10.7. The number of thiazole rings is 1. The first-order valence-electron chi connectivity index (χ1n) is 8.13. The van der Waals surface area contributed by atoms with E-state index < -0.39 is 11.9 Å². The molecule has 0 radical (unpaired) electrons. The van der Waals surface area contributed by atoms with Gasteiger partial charge in [0.15, 0.2) is 11.2 Å². The van der Waals surface area contributed by atoms with Gasteiger partial charge in [0.05, 0.1) is 12.6 Å². The molecule has 27 heavy (non-hydrogen) atoms. The minimum absolute atomic E-state index is 0.374. The fourth-order valence-electron chi connectivity index (χ4n) is 2.90. The van der Waals surface area contributed by atoms with Gasteiger partial charge in [-0.25, -0.2) is 9.37 Å². The number of nitrogens with one attached hydrogen (secondary N) is 1. The summed E-state index contributed by atoms with van der Waals surface area (Å²) in [5.74, 6) is -0.452. The van der Waals surface area contributed by atoms with Gasteiger partial charge in [0, 0.05) is 28.7 Å². The highest BCUT2D eigenvalue weighted by Crippen LogP contribution is 2.31. The van der Waals surface area contributed by atoms with Crippen molar-refractivity contribution in [3.8, 4) is 5.75 Å². The zero-order valence-corrected chi connectivity index (χ0v) is 15.1. The molecule has 2 heterocycles. The predicted molar refractivity (Wildman–Crippen MR) is 102 cm³/mol. The fraction of sp³-hybridized carbons (Fsp3) is 0.105. The third kappa shape index (κ3) is 3.39. The maximum atomic E-state index is 14.0. The summed E-state index contributed by atoms with van der Waals surface area (Å²) in [6.07, 6.45) is 3.35. The second-order valence-corrected chi connectivity index (χ2v) is 6.68. The Morgan fingerprint density at radius 2 is 2.15 bits per heavy atom. The van der Waals surface area contributed by atoms with Gasteiger partial charge in [-0.05, 0) is 24.3 Å². The molecule has 1 unspecified atom stereocenters. The quantitative estimate of drug-likeness (QED) is 0.569. The molecule has 0 bridgehead atoms. The van der Waals surface area contributed by atoms with Crippen molar-refractivity contribution < 1.29 is 13.9 Å². The van der Waals surface area contributed by atoms with Crippen LogP contribution >= 0.6 is 11.3 Å². The van der Waals surface area contributed by atoms with E-state index in [1.165, 1.54) is 41.3 Å². The predicted octanol–water partition coefficient (Wildman–Crippen LogP) is 3.87. The van der Waals surface area contributed by atoms with Crippen LogP contribution < -0.4 is 10.1 Å². The zero-order chi connectivity index (χ0) is 18.8. The van der Waals surface area contributed by atoms with Crippen molar-refractivity contribution in [3.63, 3.8) is 0 Å². The highest BCUT2D eigenvalue weighted by Gasteiger charge is 2.28. The van der Waals surface area contributed by atoms with Crippen LogP contribution in [0.4, 0.5) is 9.52 Å². The number of ether oxygens (including phenoxy) is 1. The second-order valence-electron chi connectivity index (χ2n) is 5.78. The van der Waals surface area contributed by atoms with Crippen molar-refractivity contribution in [2.45, 2.75) is 6.04 Å². The lowest BCUT2D eigenvalue weighted by molar-refractivity contribution is -0.118. The number of rotatable bonds is 5. The summed E-state index contributed by atoms with van der Waals surface area (Å²) < 4.78 is 20.9. The van der Waals surface area contributed by atoms with E-state index in [2.05, 4.69) is 15.4 Å². The molecule has 0 fully saturated rings. The Morgan fingerprint density at radius 1 is 1.30 bits per heavy atom. The van der Waals surface area contributed by atoms with Gasteiger partial charge in [-0.2, -0.15) is 5.10 Å². The Balaban J connectivity index is 1.84. The van der Waals surface area contributed by atoms with Crippen LogP contribution in [0.2, 0.25) is 0 Å². The molecule has 8 heteroatoms. The van der Waals surface area contributed by atoms with E-state index >= 15 is 0 Å². The van der Waals surface area contributed by atoms with Crippen LogP contribution in [-0.4, -0.2) is 27.8 Å². The Kier molecular flexibility index (Phi) is 4.55. The van der Waals surface area contributed by atoms with Gasteiger partial charge < -0.3 is 4.74 Å². The molecular weight excluding hydrogens is 367 g/mol. The van der Waals surface area contributed by atoms with Gasteiger partial charge >= 0.3 is 0 Å². The smallest absolute Gasteiger partial charge is 0.255 e. The third-order valence-corrected chi connectivity index (χ3v) is 4.78. The van der Waals surface area contributed by atoms with Crippen molar-refractivity contribution in [1.29, 1.82) is 0 Å². The molecule has 0 aliphatic heterocycles. The van der Waals surface area contributed by atoms with E-state index in [4.69, 9.17) is 4.74 Å². The minimum Gasteiger partial charge on any atom is -0.496 e. The summed E-state index contributed by atoms with van der Waals surface area (Å²) >= 11 is 1.30. The molecule has 136 valence electrons. The highest BCUT2D eigenvalue weighted by molar-refractivity contribution is 7.13. The molecule has 4 aromatic rings. The summed E-state index contributed by atoms with van der Waals surface area (Å²) in [6.45, 7) is 0. The van der Waals surface area contributed by atoms with E-state index in [1.807, 2.05) is 24.3 Å². The van der Waals surface area contributed by atoms with Crippen LogP contribution in [0.25, 0.3) is 10.9 Å². The molecule has 0 aliphatic carbocycles. The van der Waals surface area contributed by atoms with Crippen molar-refractivity contribution in [1.82, 2.24) is 14.8 Å². The molecule has 2 aromatic heterocycles. The first-order valence-corrected chi connectivity index (χ1v) is 9.01. The van der Waals surface area contributed by atoms with Crippen LogP contribution in [0.1, 0.15) is 11.6 Å². The van der Waals surface area contributed by atoms with Gasteiger partial charge in [0.2, 0.25) is 0 Å². The number of carbonyl (C=O) groups is 1. The lowest BCUT2D eigenvalue weighted by atomic mass is 10.0. The van der Waals surface area contributed by atoms with Gasteiger partial charge in [-0.15, -0.1) is 11.3 Å². The van der Waals surface area contributed by atoms with E-state index in [1.54, 1.807) is 17.8 Å². The van der Waals surface area contributed by atoms with Crippen molar-refractivity contribution >= 4 is 33.3 Å². The number of benzene rings is 2. The van der Waals surface area contributed by atoms with Crippen LogP contribution in [0.15, 0.2) is 60.2 Å². The van der Waals surface area contributed by atoms with Gasteiger partial charge in [-0.3, -0.25) is 14.8 Å². The minimum atomic E-state index is -0.924. The maximum Gasteiger partial charge on any atom is 0.255 e. The van der Waals surface area contributed by atoms with E-state index in [9.17, 15) is 9.18 Å². The number of methoxy groups -OCH3 is 1. The zero-order valence-electron chi connectivity index (χ0n) is 14.3. The number of carbonyl (C=O) groups excluding carboxylic acids is 1. The van der Waals surface area contributed by atoms with Gasteiger partial charge in [0.1, 0.15) is 11.6 Å². The first kappa shape index (κ1) is 17.2. The van der Waals surface area contributed by atoms with Crippen LogP contribution in [0, 0.1) is 5.82 Å². The van der Waals surface area contributed by atoms with Crippen LogP contribution in [-0.2, 0) is 4.79 Å². The largest absolute Gasteiger partial charge is 0.496 e. The molecule has 0 saturated heterocycles. The third-order valence-electron chi connectivity index (χ3n) is 4.09. The number of hydrogen-bond donors (Lipinski definition) is 1. The lowest BCUT2D eigenvalue weighted by Crippen LogP contribution is -2.28. The Morgan fingerprint density at radius 3 is 2.89 bits per heavy atom.